The van der Waals surface area contributed by atoms with Crippen molar-refractivity contribution < 1.29 is 0 Å². The summed E-state index contributed by atoms with van der Waals surface area (Å²) in [5.74, 6) is 0. The molecule has 1 heterocycles. The van der Waals surface area contributed by atoms with E-state index in [1.807, 2.05) is 0 Å². The van der Waals surface area contributed by atoms with Crippen molar-refractivity contribution in [3.63, 3.8) is 0 Å². The molecule has 0 atom stereocenters. The first-order valence-corrected chi connectivity index (χ1v) is 5.00. The minimum atomic E-state index is 0.439. The van der Waals surface area contributed by atoms with Crippen LogP contribution in [0.1, 0.15) is 24.2 Å². The minimum Gasteiger partial charge on any atom is -0.349 e. The summed E-state index contributed by atoms with van der Waals surface area (Å²) in [6.45, 7) is 6.29. The van der Waals surface area contributed by atoms with E-state index < -0.39 is 0 Å². The molecule has 1 aliphatic rings. The van der Waals surface area contributed by atoms with Crippen LogP contribution in [0.5, 0.6) is 0 Å². The predicted molar refractivity (Wildman–Crippen MR) is 54.6 cm³/mol. The quantitative estimate of drug-likeness (QED) is 0.752. The predicted octanol–water partition coefficient (Wildman–Crippen LogP) is 1.84. The van der Waals surface area contributed by atoms with Gasteiger partial charge in [0.25, 0.3) is 0 Å². The van der Waals surface area contributed by atoms with E-state index in [4.69, 9.17) is 5.73 Å². The van der Waals surface area contributed by atoms with Crippen LogP contribution in [0, 0.1) is 19.3 Å². The third-order valence-electron chi connectivity index (χ3n) is 3.30. The Balaban J connectivity index is 2.17. The van der Waals surface area contributed by atoms with Crippen molar-refractivity contribution in [3.8, 4) is 0 Å². The summed E-state index contributed by atoms with van der Waals surface area (Å²) in [6, 6.07) is 4.36. The maximum Gasteiger partial charge on any atom is 0.0293 e. The van der Waals surface area contributed by atoms with Crippen LogP contribution in [0.2, 0.25) is 0 Å². The zero-order chi connectivity index (χ0) is 9.47. The van der Waals surface area contributed by atoms with Crippen LogP contribution in [-0.4, -0.2) is 11.1 Å². The van der Waals surface area contributed by atoms with Crippen LogP contribution in [0.25, 0.3) is 0 Å². The minimum absolute atomic E-state index is 0.439. The lowest BCUT2D eigenvalue weighted by Crippen LogP contribution is -2.22. The highest BCUT2D eigenvalue weighted by atomic mass is 15.0. The van der Waals surface area contributed by atoms with Gasteiger partial charge in [-0.25, -0.2) is 0 Å². The lowest BCUT2D eigenvalue weighted by molar-refractivity contribution is 0.424. The largest absolute Gasteiger partial charge is 0.349 e. The number of hydrogen-bond acceptors (Lipinski definition) is 1. The van der Waals surface area contributed by atoms with Gasteiger partial charge in [0.15, 0.2) is 0 Å². The standard InChI is InChI=1S/C11H18N2/c1-9-3-4-10(2)13(9)8-11(7-12)5-6-11/h3-4H,5-8,12H2,1-2H3. The Hall–Kier alpha value is -0.760. The van der Waals surface area contributed by atoms with E-state index in [-0.39, 0.29) is 0 Å². The van der Waals surface area contributed by atoms with E-state index in [1.54, 1.807) is 0 Å². The highest BCUT2D eigenvalue weighted by Gasteiger charge is 2.41. The summed E-state index contributed by atoms with van der Waals surface area (Å²) in [7, 11) is 0. The summed E-state index contributed by atoms with van der Waals surface area (Å²) in [5.41, 5.74) is 8.93. The molecular formula is C11H18N2. The molecule has 1 saturated carbocycles. The van der Waals surface area contributed by atoms with Gasteiger partial charge in [0.1, 0.15) is 0 Å². The van der Waals surface area contributed by atoms with Crippen molar-refractivity contribution in [2.24, 2.45) is 11.1 Å². The molecule has 0 unspecified atom stereocenters. The van der Waals surface area contributed by atoms with E-state index in [0.717, 1.165) is 13.1 Å². The maximum atomic E-state index is 5.77. The zero-order valence-corrected chi connectivity index (χ0v) is 8.51. The number of aromatic nitrogens is 1. The van der Waals surface area contributed by atoms with Gasteiger partial charge < -0.3 is 10.3 Å². The monoisotopic (exact) mass is 178 g/mol. The number of hydrogen-bond donors (Lipinski definition) is 1. The van der Waals surface area contributed by atoms with Crippen molar-refractivity contribution >= 4 is 0 Å². The second-order valence-electron chi connectivity index (χ2n) is 4.41. The topological polar surface area (TPSA) is 30.9 Å². The van der Waals surface area contributed by atoms with Crippen LogP contribution in [0.15, 0.2) is 12.1 Å². The molecule has 0 radical (unpaired) electrons. The first-order valence-electron chi connectivity index (χ1n) is 5.00. The van der Waals surface area contributed by atoms with E-state index in [0.29, 0.717) is 5.41 Å². The van der Waals surface area contributed by atoms with Crippen molar-refractivity contribution in [2.75, 3.05) is 6.54 Å². The Morgan fingerprint density at radius 2 is 1.85 bits per heavy atom. The molecular weight excluding hydrogens is 160 g/mol. The second kappa shape index (κ2) is 2.88. The van der Waals surface area contributed by atoms with Crippen LogP contribution in [0.3, 0.4) is 0 Å². The molecule has 0 spiro atoms. The molecule has 2 nitrogen and oxygen atoms in total. The molecule has 1 aromatic heterocycles. The van der Waals surface area contributed by atoms with E-state index in [9.17, 15) is 0 Å². The lowest BCUT2D eigenvalue weighted by Gasteiger charge is -2.16. The molecule has 72 valence electrons. The van der Waals surface area contributed by atoms with Crippen LogP contribution in [-0.2, 0) is 6.54 Å². The number of nitrogens with zero attached hydrogens (tertiary/aromatic N) is 1. The van der Waals surface area contributed by atoms with Gasteiger partial charge in [-0.05, 0) is 45.4 Å². The summed E-state index contributed by atoms with van der Waals surface area (Å²) < 4.78 is 2.39. The van der Waals surface area contributed by atoms with Gasteiger partial charge in [-0.15, -0.1) is 0 Å². The lowest BCUT2D eigenvalue weighted by atomic mass is 10.1. The summed E-state index contributed by atoms with van der Waals surface area (Å²) in [5, 5.41) is 0. The molecule has 0 amide bonds. The maximum absolute atomic E-state index is 5.77. The summed E-state index contributed by atoms with van der Waals surface area (Å²) >= 11 is 0. The molecule has 1 fully saturated rings. The van der Waals surface area contributed by atoms with Crippen molar-refractivity contribution in [1.82, 2.24) is 4.57 Å². The third kappa shape index (κ3) is 1.51. The van der Waals surface area contributed by atoms with Gasteiger partial charge >= 0.3 is 0 Å². The first-order chi connectivity index (χ1) is 6.17. The van der Waals surface area contributed by atoms with E-state index >= 15 is 0 Å². The zero-order valence-electron chi connectivity index (χ0n) is 8.51. The number of aryl methyl sites for hydroxylation is 2. The molecule has 1 aromatic rings. The smallest absolute Gasteiger partial charge is 0.0293 e. The normalized spacial score (nSPS) is 19.0. The van der Waals surface area contributed by atoms with Gasteiger partial charge in [-0.2, -0.15) is 0 Å². The third-order valence-corrected chi connectivity index (χ3v) is 3.30. The Bertz CT molecular complexity index is 288. The fraction of sp³-hybridized carbons (Fsp3) is 0.636. The van der Waals surface area contributed by atoms with Gasteiger partial charge in [0.2, 0.25) is 0 Å². The van der Waals surface area contributed by atoms with Crippen molar-refractivity contribution in [1.29, 1.82) is 0 Å². The SMILES string of the molecule is Cc1ccc(C)n1CC1(CN)CC1. The van der Waals surface area contributed by atoms with Gasteiger partial charge in [0.05, 0.1) is 0 Å². The van der Waals surface area contributed by atoms with Gasteiger partial charge in [-0.3, -0.25) is 0 Å². The number of rotatable bonds is 3. The second-order valence-corrected chi connectivity index (χ2v) is 4.41. The highest BCUT2D eigenvalue weighted by molar-refractivity contribution is 5.15. The van der Waals surface area contributed by atoms with E-state index in [1.165, 1.54) is 24.2 Å². The Morgan fingerprint density at radius 1 is 1.31 bits per heavy atom. The Kier molecular flexibility index (Phi) is 1.95. The molecule has 0 bridgehead atoms. The van der Waals surface area contributed by atoms with Crippen molar-refractivity contribution in [2.45, 2.75) is 33.2 Å². The average molecular weight is 178 g/mol. The molecule has 13 heavy (non-hydrogen) atoms. The molecule has 0 aliphatic heterocycles. The molecule has 2 N–H and O–H groups in total. The van der Waals surface area contributed by atoms with Crippen molar-refractivity contribution in [3.05, 3.63) is 23.5 Å². The fourth-order valence-electron chi connectivity index (χ4n) is 1.89. The summed E-state index contributed by atoms with van der Waals surface area (Å²) in [4.78, 5) is 0. The van der Waals surface area contributed by atoms with Crippen LogP contribution in [0.4, 0.5) is 0 Å². The molecule has 0 aromatic carbocycles. The molecule has 2 heteroatoms. The first kappa shape index (κ1) is 8.82. The van der Waals surface area contributed by atoms with Gasteiger partial charge in [-0.1, -0.05) is 0 Å². The Labute approximate surface area is 79.7 Å². The molecule has 0 saturated heterocycles. The van der Waals surface area contributed by atoms with Gasteiger partial charge in [0, 0.05) is 23.3 Å². The number of nitrogens with two attached hydrogens (primary N) is 1. The van der Waals surface area contributed by atoms with E-state index in [2.05, 4.69) is 30.5 Å². The molecule has 1 aliphatic carbocycles. The summed E-state index contributed by atoms with van der Waals surface area (Å²) in [6.07, 6.45) is 2.61. The van der Waals surface area contributed by atoms with Crippen LogP contribution >= 0.6 is 0 Å². The Morgan fingerprint density at radius 3 is 2.23 bits per heavy atom. The molecule has 2 rings (SSSR count). The fourth-order valence-corrected chi connectivity index (χ4v) is 1.89. The average Bonchev–Trinajstić information content (AvgIpc) is 2.84. The van der Waals surface area contributed by atoms with Crippen LogP contribution < -0.4 is 5.73 Å². The highest BCUT2D eigenvalue weighted by Crippen LogP contribution is 2.46.